The zero-order chi connectivity index (χ0) is 13.0. The highest BCUT2D eigenvalue weighted by Gasteiger charge is 2.21. The number of anilines is 1. The molecule has 0 heterocycles. The van der Waals surface area contributed by atoms with Gasteiger partial charge in [0.2, 0.25) is 0 Å². The van der Waals surface area contributed by atoms with Crippen molar-refractivity contribution in [1.82, 2.24) is 0 Å². The maximum absolute atomic E-state index is 9.84. The Bertz CT molecular complexity index is 368. The van der Waals surface area contributed by atoms with E-state index in [4.69, 9.17) is 4.74 Å². The van der Waals surface area contributed by atoms with E-state index in [0.29, 0.717) is 13.2 Å². The molecular formula is C15H23NO2. The monoisotopic (exact) mass is 249 g/mol. The fourth-order valence-corrected chi connectivity index (χ4v) is 2.03. The number of aliphatic hydroxyl groups is 1. The molecule has 0 amide bonds. The second kappa shape index (κ2) is 6.21. The van der Waals surface area contributed by atoms with Crippen molar-refractivity contribution in [1.29, 1.82) is 0 Å². The highest BCUT2D eigenvalue weighted by atomic mass is 16.5. The fraction of sp³-hybridized carbons (Fsp3) is 0.600. The molecule has 2 rings (SSSR count). The number of benzene rings is 1. The minimum Gasteiger partial charge on any atom is -0.389 e. The Hall–Kier alpha value is -1.06. The van der Waals surface area contributed by atoms with Crippen LogP contribution in [-0.4, -0.2) is 31.0 Å². The number of para-hydroxylation sites is 1. The Morgan fingerprint density at radius 3 is 2.61 bits per heavy atom. The van der Waals surface area contributed by atoms with Gasteiger partial charge in [0, 0.05) is 18.8 Å². The topological polar surface area (TPSA) is 41.5 Å². The predicted octanol–water partition coefficient (Wildman–Crippen LogP) is 2.50. The third-order valence-corrected chi connectivity index (χ3v) is 3.36. The molecule has 0 radical (unpaired) electrons. The summed E-state index contributed by atoms with van der Waals surface area (Å²) in [4.78, 5) is 0. The second-order valence-electron chi connectivity index (χ2n) is 5.28. The van der Waals surface area contributed by atoms with Gasteiger partial charge in [-0.05, 0) is 43.7 Å². The zero-order valence-corrected chi connectivity index (χ0v) is 11.3. The molecular weight excluding hydrogens is 226 g/mol. The standard InChI is InChI=1S/C15H23NO2/c1-11-4-3-5-12(2)15(11)16-8-14(17)10-18-9-13-6-7-13/h3-5,13-14,16-17H,6-10H2,1-2H3. The molecule has 0 saturated heterocycles. The number of hydrogen-bond donors (Lipinski definition) is 2. The van der Waals surface area contributed by atoms with Crippen LogP contribution in [0.3, 0.4) is 0 Å². The summed E-state index contributed by atoms with van der Waals surface area (Å²) in [6.07, 6.45) is 2.13. The summed E-state index contributed by atoms with van der Waals surface area (Å²) >= 11 is 0. The average Bonchev–Trinajstić information content (AvgIpc) is 3.12. The van der Waals surface area contributed by atoms with Crippen molar-refractivity contribution in [3.05, 3.63) is 29.3 Å². The number of aryl methyl sites for hydroxylation is 2. The number of aliphatic hydroxyl groups excluding tert-OH is 1. The lowest BCUT2D eigenvalue weighted by atomic mass is 10.1. The highest BCUT2D eigenvalue weighted by Crippen LogP contribution is 2.28. The lowest BCUT2D eigenvalue weighted by Crippen LogP contribution is -2.25. The van der Waals surface area contributed by atoms with Gasteiger partial charge in [-0.15, -0.1) is 0 Å². The quantitative estimate of drug-likeness (QED) is 0.780. The third-order valence-electron chi connectivity index (χ3n) is 3.36. The molecule has 1 fully saturated rings. The van der Waals surface area contributed by atoms with E-state index in [0.717, 1.165) is 18.2 Å². The van der Waals surface area contributed by atoms with E-state index in [1.54, 1.807) is 0 Å². The van der Waals surface area contributed by atoms with Crippen LogP contribution < -0.4 is 5.32 Å². The maximum atomic E-state index is 9.84. The SMILES string of the molecule is Cc1cccc(C)c1NCC(O)COCC1CC1. The smallest absolute Gasteiger partial charge is 0.0945 e. The van der Waals surface area contributed by atoms with Crippen LogP contribution in [-0.2, 0) is 4.74 Å². The van der Waals surface area contributed by atoms with E-state index in [9.17, 15) is 5.11 Å². The molecule has 1 saturated carbocycles. The maximum Gasteiger partial charge on any atom is 0.0945 e. The minimum absolute atomic E-state index is 0.425. The van der Waals surface area contributed by atoms with Crippen LogP contribution in [0, 0.1) is 19.8 Å². The van der Waals surface area contributed by atoms with Crippen molar-refractivity contribution in [3.8, 4) is 0 Å². The Balaban J connectivity index is 1.72. The molecule has 2 N–H and O–H groups in total. The van der Waals surface area contributed by atoms with Crippen LogP contribution in [0.25, 0.3) is 0 Å². The molecule has 3 heteroatoms. The van der Waals surface area contributed by atoms with Gasteiger partial charge in [-0.1, -0.05) is 18.2 Å². The highest BCUT2D eigenvalue weighted by molar-refractivity contribution is 5.56. The van der Waals surface area contributed by atoms with E-state index in [1.807, 2.05) is 6.07 Å². The average molecular weight is 249 g/mol. The van der Waals surface area contributed by atoms with Crippen LogP contribution in [0.2, 0.25) is 0 Å². The number of rotatable bonds is 7. The van der Waals surface area contributed by atoms with Gasteiger partial charge >= 0.3 is 0 Å². The summed E-state index contributed by atoms with van der Waals surface area (Å²) < 4.78 is 5.48. The van der Waals surface area contributed by atoms with E-state index in [2.05, 4.69) is 31.3 Å². The first-order valence-electron chi connectivity index (χ1n) is 6.72. The first-order valence-corrected chi connectivity index (χ1v) is 6.72. The van der Waals surface area contributed by atoms with Gasteiger partial charge in [0.15, 0.2) is 0 Å². The first-order chi connectivity index (χ1) is 8.66. The molecule has 3 nitrogen and oxygen atoms in total. The molecule has 0 bridgehead atoms. The van der Waals surface area contributed by atoms with Gasteiger partial charge in [0.25, 0.3) is 0 Å². The van der Waals surface area contributed by atoms with Crippen LogP contribution in [0.1, 0.15) is 24.0 Å². The van der Waals surface area contributed by atoms with E-state index >= 15 is 0 Å². The Labute approximate surface area is 109 Å². The molecule has 0 aliphatic heterocycles. The first kappa shape index (κ1) is 13.4. The van der Waals surface area contributed by atoms with Crippen molar-refractivity contribution >= 4 is 5.69 Å². The largest absolute Gasteiger partial charge is 0.389 e. The molecule has 18 heavy (non-hydrogen) atoms. The van der Waals surface area contributed by atoms with E-state index < -0.39 is 6.10 Å². The number of ether oxygens (including phenoxy) is 1. The Morgan fingerprint density at radius 2 is 2.00 bits per heavy atom. The molecule has 0 aromatic heterocycles. The minimum atomic E-state index is -0.442. The molecule has 1 aromatic rings. The lowest BCUT2D eigenvalue weighted by molar-refractivity contribution is 0.0386. The van der Waals surface area contributed by atoms with Crippen LogP contribution in [0.5, 0.6) is 0 Å². The van der Waals surface area contributed by atoms with Gasteiger partial charge in [-0.3, -0.25) is 0 Å². The van der Waals surface area contributed by atoms with Gasteiger partial charge in [-0.25, -0.2) is 0 Å². The lowest BCUT2D eigenvalue weighted by Gasteiger charge is -2.16. The number of hydrogen-bond acceptors (Lipinski definition) is 3. The third kappa shape index (κ3) is 4.00. The Kier molecular flexibility index (Phi) is 4.61. The molecule has 0 spiro atoms. The fourth-order valence-electron chi connectivity index (χ4n) is 2.03. The zero-order valence-electron chi connectivity index (χ0n) is 11.3. The summed E-state index contributed by atoms with van der Waals surface area (Å²) in [5.74, 6) is 0.753. The van der Waals surface area contributed by atoms with Crippen molar-refractivity contribution < 1.29 is 9.84 Å². The summed E-state index contributed by atoms with van der Waals surface area (Å²) in [7, 11) is 0. The summed E-state index contributed by atoms with van der Waals surface area (Å²) in [5, 5.41) is 13.1. The molecule has 1 unspecified atom stereocenters. The summed E-state index contributed by atoms with van der Waals surface area (Å²) in [6.45, 7) is 5.92. The van der Waals surface area contributed by atoms with Crippen molar-refractivity contribution in [2.75, 3.05) is 25.1 Å². The molecule has 1 aromatic carbocycles. The van der Waals surface area contributed by atoms with E-state index in [1.165, 1.54) is 24.0 Å². The predicted molar refractivity (Wildman–Crippen MR) is 74.0 cm³/mol. The van der Waals surface area contributed by atoms with Crippen LogP contribution >= 0.6 is 0 Å². The molecule has 1 aliphatic carbocycles. The Morgan fingerprint density at radius 1 is 1.33 bits per heavy atom. The van der Waals surface area contributed by atoms with Crippen LogP contribution in [0.4, 0.5) is 5.69 Å². The van der Waals surface area contributed by atoms with Gasteiger partial charge in [0.05, 0.1) is 12.7 Å². The number of nitrogens with one attached hydrogen (secondary N) is 1. The molecule has 100 valence electrons. The summed E-state index contributed by atoms with van der Waals surface area (Å²) in [6, 6.07) is 6.20. The van der Waals surface area contributed by atoms with Crippen molar-refractivity contribution in [3.63, 3.8) is 0 Å². The van der Waals surface area contributed by atoms with Crippen molar-refractivity contribution in [2.24, 2.45) is 5.92 Å². The van der Waals surface area contributed by atoms with Crippen molar-refractivity contribution in [2.45, 2.75) is 32.8 Å². The van der Waals surface area contributed by atoms with Gasteiger partial charge in [0.1, 0.15) is 0 Å². The van der Waals surface area contributed by atoms with Gasteiger partial charge < -0.3 is 15.2 Å². The second-order valence-corrected chi connectivity index (χ2v) is 5.28. The van der Waals surface area contributed by atoms with Crippen LogP contribution in [0.15, 0.2) is 18.2 Å². The summed E-state index contributed by atoms with van der Waals surface area (Å²) in [5.41, 5.74) is 3.54. The molecule has 1 atom stereocenters. The van der Waals surface area contributed by atoms with E-state index in [-0.39, 0.29) is 0 Å². The molecule has 1 aliphatic rings. The van der Waals surface area contributed by atoms with Gasteiger partial charge in [-0.2, -0.15) is 0 Å². The normalized spacial score (nSPS) is 16.6.